The Bertz CT molecular complexity index is 83.9. The van der Waals surface area contributed by atoms with Gasteiger partial charge in [-0.3, -0.25) is 0 Å². The van der Waals surface area contributed by atoms with Crippen molar-refractivity contribution >= 4 is 11.8 Å². The zero-order valence-corrected chi connectivity index (χ0v) is 9.54. The maximum absolute atomic E-state index is 3.44. The molecule has 0 radical (unpaired) electrons. The molecule has 2 heteroatoms. The molecule has 0 aromatic rings. The summed E-state index contributed by atoms with van der Waals surface area (Å²) >= 11 is 2.07. The molecule has 0 bridgehead atoms. The van der Waals surface area contributed by atoms with Crippen molar-refractivity contribution in [3.05, 3.63) is 0 Å². The third kappa shape index (κ3) is 10.3. The highest BCUT2D eigenvalue weighted by Crippen LogP contribution is 2.02. The van der Waals surface area contributed by atoms with Crippen LogP contribution in [0.5, 0.6) is 0 Å². The average molecular weight is 189 g/mol. The number of hydrogen-bond donors (Lipinski definition) is 1. The first-order chi connectivity index (χ1) is 5.77. The van der Waals surface area contributed by atoms with Crippen LogP contribution in [0.4, 0.5) is 0 Å². The minimum Gasteiger partial charge on any atom is -0.316 e. The number of unbranched alkanes of at least 4 members (excludes halogenated alkanes) is 1. The molecule has 74 valence electrons. The van der Waals surface area contributed by atoms with Gasteiger partial charge in [-0.1, -0.05) is 27.2 Å². The second-order valence-corrected chi connectivity index (χ2v) is 4.79. The van der Waals surface area contributed by atoms with Gasteiger partial charge in [0.2, 0.25) is 0 Å². The van der Waals surface area contributed by atoms with Gasteiger partial charge in [-0.2, -0.15) is 11.8 Å². The highest BCUT2D eigenvalue weighted by Gasteiger charge is 1.92. The summed E-state index contributed by atoms with van der Waals surface area (Å²) < 4.78 is 0. The third-order valence-corrected chi connectivity index (χ3v) is 2.69. The van der Waals surface area contributed by atoms with Crippen molar-refractivity contribution in [3.8, 4) is 0 Å². The highest BCUT2D eigenvalue weighted by atomic mass is 32.2. The molecular weight excluding hydrogens is 166 g/mol. The molecule has 0 aromatic heterocycles. The van der Waals surface area contributed by atoms with Gasteiger partial charge in [0.1, 0.15) is 0 Å². The van der Waals surface area contributed by atoms with E-state index < -0.39 is 0 Å². The van der Waals surface area contributed by atoms with E-state index in [-0.39, 0.29) is 0 Å². The zero-order valence-electron chi connectivity index (χ0n) is 8.73. The van der Waals surface area contributed by atoms with Crippen molar-refractivity contribution in [2.75, 3.05) is 24.6 Å². The van der Waals surface area contributed by atoms with E-state index in [4.69, 9.17) is 0 Å². The second kappa shape index (κ2) is 9.40. The maximum atomic E-state index is 3.44. The van der Waals surface area contributed by atoms with E-state index in [1.54, 1.807) is 0 Å². The molecule has 1 nitrogen and oxygen atoms in total. The first kappa shape index (κ1) is 12.3. The van der Waals surface area contributed by atoms with Crippen LogP contribution in [0.2, 0.25) is 0 Å². The molecule has 0 saturated carbocycles. The van der Waals surface area contributed by atoms with E-state index in [9.17, 15) is 0 Å². The van der Waals surface area contributed by atoms with Gasteiger partial charge in [-0.25, -0.2) is 0 Å². The molecule has 0 unspecified atom stereocenters. The van der Waals surface area contributed by atoms with Gasteiger partial charge < -0.3 is 5.32 Å². The molecule has 0 amide bonds. The third-order valence-electron chi connectivity index (χ3n) is 1.62. The summed E-state index contributed by atoms with van der Waals surface area (Å²) in [6.45, 7) is 9.08. The first-order valence-electron chi connectivity index (χ1n) is 5.05. The SMILES string of the molecule is CCCCSCCNCC(C)C. The lowest BCUT2D eigenvalue weighted by Gasteiger charge is -2.06. The number of thioether (sulfide) groups is 1. The molecular formula is C10H23NS. The molecule has 1 N–H and O–H groups in total. The lowest BCUT2D eigenvalue weighted by atomic mass is 10.2. The van der Waals surface area contributed by atoms with E-state index in [2.05, 4.69) is 37.8 Å². The Labute approximate surface area is 81.7 Å². The van der Waals surface area contributed by atoms with Gasteiger partial charge in [0.15, 0.2) is 0 Å². The maximum Gasteiger partial charge on any atom is 0.00581 e. The molecule has 0 spiro atoms. The van der Waals surface area contributed by atoms with Gasteiger partial charge in [0, 0.05) is 12.3 Å². The summed E-state index contributed by atoms with van der Waals surface area (Å²) in [7, 11) is 0. The van der Waals surface area contributed by atoms with Crippen molar-refractivity contribution in [1.82, 2.24) is 5.32 Å². The van der Waals surface area contributed by atoms with Crippen LogP contribution < -0.4 is 5.32 Å². The van der Waals surface area contributed by atoms with Crippen molar-refractivity contribution < 1.29 is 0 Å². The van der Waals surface area contributed by atoms with E-state index >= 15 is 0 Å². The summed E-state index contributed by atoms with van der Waals surface area (Å²) in [5.41, 5.74) is 0. The van der Waals surface area contributed by atoms with E-state index in [1.807, 2.05) is 0 Å². The Morgan fingerprint density at radius 2 is 2.00 bits per heavy atom. The number of rotatable bonds is 8. The summed E-state index contributed by atoms with van der Waals surface area (Å²) in [4.78, 5) is 0. The lowest BCUT2D eigenvalue weighted by molar-refractivity contribution is 0.568. The normalized spacial score (nSPS) is 11.0. The molecule has 0 heterocycles. The van der Waals surface area contributed by atoms with Crippen LogP contribution in [0, 0.1) is 5.92 Å². The summed E-state index contributed by atoms with van der Waals surface area (Å²) in [5, 5.41) is 3.44. The van der Waals surface area contributed by atoms with Crippen molar-refractivity contribution in [1.29, 1.82) is 0 Å². The van der Waals surface area contributed by atoms with Crippen molar-refractivity contribution in [2.45, 2.75) is 33.6 Å². The molecule has 0 aliphatic carbocycles. The number of nitrogens with one attached hydrogen (secondary N) is 1. The Morgan fingerprint density at radius 1 is 1.25 bits per heavy atom. The van der Waals surface area contributed by atoms with Crippen molar-refractivity contribution in [3.63, 3.8) is 0 Å². The predicted molar refractivity (Wildman–Crippen MR) is 59.9 cm³/mol. The van der Waals surface area contributed by atoms with Gasteiger partial charge >= 0.3 is 0 Å². The molecule has 12 heavy (non-hydrogen) atoms. The summed E-state index contributed by atoms with van der Waals surface area (Å²) in [6.07, 6.45) is 2.70. The average Bonchev–Trinajstić information content (AvgIpc) is 2.02. The fourth-order valence-electron chi connectivity index (χ4n) is 0.884. The molecule has 0 aliphatic rings. The minimum absolute atomic E-state index is 0.783. The van der Waals surface area contributed by atoms with Crippen molar-refractivity contribution in [2.24, 2.45) is 5.92 Å². The predicted octanol–water partition coefficient (Wildman–Crippen LogP) is 2.77. The van der Waals surface area contributed by atoms with Crippen LogP contribution in [0.1, 0.15) is 33.6 Å². The van der Waals surface area contributed by atoms with Crippen LogP contribution in [0.25, 0.3) is 0 Å². The molecule has 0 fully saturated rings. The van der Waals surface area contributed by atoms with Crippen LogP contribution >= 0.6 is 11.8 Å². The van der Waals surface area contributed by atoms with Crippen LogP contribution in [-0.2, 0) is 0 Å². The summed E-state index contributed by atoms with van der Waals surface area (Å²) in [6, 6.07) is 0. The van der Waals surface area contributed by atoms with Gasteiger partial charge in [0.05, 0.1) is 0 Å². The monoisotopic (exact) mass is 189 g/mol. The van der Waals surface area contributed by atoms with E-state index in [0.29, 0.717) is 0 Å². The van der Waals surface area contributed by atoms with E-state index in [0.717, 1.165) is 12.5 Å². The molecule has 0 aliphatic heterocycles. The molecule has 0 rings (SSSR count). The topological polar surface area (TPSA) is 12.0 Å². The van der Waals surface area contributed by atoms with Crippen LogP contribution in [0.3, 0.4) is 0 Å². The zero-order chi connectivity index (χ0) is 9.23. The Morgan fingerprint density at radius 3 is 2.58 bits per heavy atom. The van der Waals surface area contributed by atoms with Gasteiger partial charge in [-0.15, -0.1) is 0 Å². The van der Waals surface area contributed by atoms with Crippen LogP contribution in [-0.4, -0.2) is 24.6 Å². The Kier molecular flexibility index (Phi) is 9.64. The Hall–Kier alpha value is 0.310. The Balaban J connectivity index is 2.82. The first-order valence-corrected chi connectivity index (χ1v) is 6.21. The molecule has 0 aromatic carbocycles. The van der Waals surface area contributed by atoms with Crippen LogP contribution in [0.15, 0.2) is 0 Å². The second-order valence-electron chi connectivity index (χ2n) is 3.56. The van der Waals surface area contributed by atoms with E-state index in [1.165, 1.54) is 30.9 Å². The standard InChI is InChI=1S/C10H23NS/c1-4-5-7-12-8-6-11-9-10(2)3/h10-11H,4-9H2,1-3H3. The summed E-state index contributed by atoms with van der Waals surface area (Å²) in [5.74, 6) is 3.39. The quantitative estimate of drug-likeness (QED) is 0.589. The van der Waals surface area contributed by atoms with Gasteiger partial charge in [0.25, 0.3) is 0 Å². The highest BCUT2D eigenvalue weighted by molar-refractivity contribution is 7.99. The largest absolute Gasteiger partial charge is 0.316 e. The molecule has 0 atom stereocenters. The fraction of sp³-hybridized carbons (Fsp3) is 1.00. The molecule has 0 saturated heterocycles. The smallest absolute Gasteiger partial charge is 0.00581 e. The fourth-order valence-corrected chi connectivity index (χ4v) is 1.87. The van der Waals surface area contributed by atoms with Gasteiger partial charge in [-0.05, 0) is 24.6 Å². The lowest BCUT2D eigenvalue weighted by Crippen LogP contribution is -2.22. The number of hydrogen-bond acceptors (Lipinski definition) is 2. The minimum atomic E-state index is 0.783.